The van der Waals surface area contributed by atoms with Gasteiger partial charge in [-0.25, -0.2) is 8.42 Å². The fourth-order valence-electron chi connectivity index (χ4n) is 3.96. The third-order valence-electron chi connectivity index (χ3n) is 5.81. The van der Waals surface area contributed by atoms with Crippen molar-refractivity contribution < 1.29 is 17.3 Å². The predicted molar refractivity (Wildman–Crippen MR) is 125 cm³/mol. The number of aryl methyl sites for hydroxylation is 1. The van der Waals surface area contributed by atoms with Gasteiger partial charge in [-0.2, -0.15) is 4.98 Å². The van der Waals surface area contributed by atoms with Crippen LogP contribution < -0.4 is 4.90 Å². The Hall–Kier alpha value is -3.36. The van der Waals surface area contributed by atoms with Gasteiger partial charge in [-0.05, 0) is 36.8 Å². The zero-order valence-corrected chi connectivity index (χ0v) is 19.2. The molecule has 7 nitrogen and oxygen atoms in total. The van der Waals surface area contributed by atoms with E-state index in [1.807, 2.05) is 30.0 Å². The van der Waals surface area contributed by atoms with Crippen LogP contribution in [0.1, 0.15) is 11.1 Å². The number of hydrogen-bond acceptors (Lipinski definition) is 7. The lowest BCUT2D eigenvalue weighted by Crippen LogP contribution is -2.46. The first-order chi connectivity index (χ1) is 16.0. The molecule has 1 aliphatic heterocycles. The van der Waals surface area contributed by atoms with Crippen LogP contribution in [0.25, 0.3) is 11.7 Å². The molecule has 0 spiro atoms. The van der Waals surface area contributed by atoms with Crippen LogP contribution in [0.3, 0.4) is 0 Å². The van der Waals surface area contributed by atoms with E-state index in [-0.39, 0.29) is 21.7 Å². The monoisotopic (exact) mass is 463 g/mol. The molecule has 0 bridgehead atoms. The van der Waals surface area contributed by atoms with Gasteiger partial charge in [-0.15, -0.1) is 0 Å². The zero-order valence-electron chi connectivity index (χ0n) is 18.3. The zero-order chi connectivity index (χ0) is 22.8. The minimum Gasteiger partial charge on any atom is -0.459 e. The lowest BCUT2D eigenvalue weighted by molar-refractivity contribution is 0.245. The third-order valence-corrected chi connectivity index (χ3v) is 7.47. The highest BCUT2D eigenvalue weighted by molar-refractivity contribution is 7.91. The number of hydrogen-bond donors (Lipinski definition) is 0. The number of benzene rings is 2. The van der Waals surface area contributed by atoms with Crippen LogP contribution in [0.15, 0.2) is 91.7 Å². The van der Waals surface area contributed by atoms with E-state index >= 15 is 0 Å². The van der Waals surface area contributed by atoms with E-state index < -0.39 is 9.84 Å². The van der Waals surface area contributed by atoms with Crippen LogP contribution >= 0.6 is 0 Å². The first-order valence-corrected chi connectivity index (χ1v) is 12.4. The number of rotatable bonds is 6. The Morgan fingerprint density at radius 1 is 0.909 bits per heavy atom. The van der Waals surface area contributed by atoms with E-state index in [4.69, 9.17) is 8.83 Å². The number of furan rings is 1. The van der Waals surface area contributed by atoms with Crippen molar-refractivity contribution in [3.63, 3.8) is 0 Å². The maximum Gasteiger partial charge on any atom is 0.266 e. The van der Waals surface area contributed by atoms with Gasteiger partial charge in [0, 0.05) is 32.7 Å². The number of anilines is 1. The number of oxazole rings is 1. The molecule has 170 valence electrons. The van der Waals surface area contributed by atoms with E-state index in [0.29, 0.717) is 18.8 Å². The van der Waals surface area contributed by atoms with E-state index in [2.05, 4.69) is 22.0 Å². The van der Waals surface area contributed by atoms with Gasteiger partial charge in [0.05, 0.1) is 11.2 Å². The van der Waals surface area contributed by atoms with Gasteiger partial charge >= 0.3 is 0 Å². The lowest BCUT2D eigenvalue weighted by Gasteiger charge is -2.34. The minimum atomic E-state index is -3.87. The van der Waals surface area contributed by atoms with Crippen molar-refractivity contribution in [2.75, 3.05) is 31.1 Å². The van der Waals surface area contributed by atoms with Gasteiger partial charge in [-0.3, -0.25) is 4.90 Å². The van der Waals surface area contributed by atoms with Crippen LogP contribution in [0, 0.1) is 6.92 Å². The summed E-state index contributed by atoms with van der Waals surface area (Å²) in [4.78, 5) is 8.88. The second kappa shape index (κ2) is 8.88. The van der Waals surface area contributed by atoms with Gasteiger partial charge < -0.3 is 13.7 Å². The Morgan fingerprint density at radius 3 is 2.30 bits per heavy atom. The molecule has 1 fully saturated rings. The highest BCUT2D eigenvalue weighted by Crippen LogP contribution is 2.35. The maximum atomic E-state index is 13.5. The van der Waals surface area contributed by atoms with Crippen LogP contribution in [-0.2, 0) is 16.4 Å². The Morgan fingerprint density at radius 2 is 1.64 bits per heavy atom. The summed E-state index contributed by atoms with van der Waals surface area (Å²) in [6, 6.07) is 20.5. The Labute approximate surface area is 193 Å². The second-order valence-electron chi connectivity index (χ2n) is 8.17. The molecule has 0 radical (unpaired) electrons. The molecule has 2 aromatic carbocycles. The van der Waals surface area contributed by atoms with Gasteiger partial charge in [0.2, 0.25) is 20.7 Å². The third kappa shape index (κ3) is 4.44. The second-order valence-corrected chi connectivity index (χ2v) is 10.0. The summed E-state index contributed by atoms with van der Waals surface area (Å²) in [5.74, 6) is 0.818. The summed E-state index contributed by atoms with van der Waals surface area (Å²) in [7, 11) is -3.87. The topological polar surface area (TPSA) is 79.8 Å². The molecular weight excluding hydrogens is 438 g/mol. The largest absolute Gasteiger partial charge is 0.459 e. The molecule has 0 N–H and O–H groups in total. The van der Waals surface area contributed by atoms with Crippen molar-refractivity contribution in [3.05, 3.63) is 84.1 Å². The molecule has 33 heavy (non-hydrogen) atoms. The van der Waals surface area contributed by atoms with Crippen molar-refractivity contribution in [2.45, 2.75) is 23.4 Å². The predicted octanol–water partition coefficient (Wildman–Crippen LogP) is 4.40. The smallest absolute Gasteiger partial charge is 0.266 e. The van der Waals surface area contributed by atoms with Crippen LogP contribution in [-0.4, -0.2) is 44.5 Å². The average Bonchev–Trinajstić information content (AvgIpc) is 3.51. The fourth-order valence-corrected chi connectivity index (χ4v) is 5.28. The van der Waals surface area contributed by atoms with Crippen molar-refractivity contribution in [3.8, 4) is 11.7 Å². The summed E-state index contributed by atoms with van der Waals surface area (Å²) in [6.45, 7) is 5.62. The summed E-state index contributed by atoms with van der Waals surface area (Å²) in [6.07, 6.45) is 1.51. The average molecular weight is 464 g/mol. The summed E-state index contributed by atoms with van der Waals surface area (Å²) in [5, 5.41) is -0.0748. The highest BCUT2D eigenvalue weighted by Gasteiger charge is 2.33. The SMILES string of the molecule is Cc1ccc(S(=O)(=O)c2nc(-c3ccco3)oc2N2CCN(Cc3ccccc3)CC2)cc1. The molecule has 5 rings (SSSR count). The number of piperazine rings is 1. The Balaban J connectivity index is 1.44. The van der Waals surface area contributed by atoms with E-state index in [1.165, 1.54) is 11.8 Å². The van der Waals surface area contributed by atoms with E-state index in [1.54, 1.807) is 36.4 Å². The summed E-state index contributed by atoms with van der Waals surface area (Å²) in [5.41, 5.74) is 2.24. The van der Waals surface area contributed by atoms with Gasteiger partial charge in [0.25, 0.3) is 5.89 Å². The summed E-state index contributed by atoms with van der Waals surface area (Å²) >= 11 is 0. The van der Waals surface area contributed by atoms with E-state index in [9.17, 15) is 8.42 Å². The summed E-state index contributed by atoms with van der Waals surface area (Å²) < 4.78 is 38.4. The van der Waals surface area contributed by atoms with Crippen molar-refractivity contribution >= 4 is 15.7 Å². The van der Waals surface area contributed by atoms with Crippen molar-refractivity contribution in [1.29, 1.82) is 0 Å². The molecule has 8 heteroatoms. The standard InChI is InChI=1S/C25H25N3O4S/c1-19-9-11-21(12-10-19)33(29,30)24-25(32-23(26-24)22-8-5-17-31-22)28-15-13-27(14-16-28)18-20-6-3-2-4-7-20/h2-12,17H,13-16,18H2,1H3. The number of aromatic nitrogens is 1. The van der Waals surface area contributed by atoms with Crippen molar-refractivity contribution in [1.82, 2.24) is 9.88 Å². The van der Waals surface area contributed by atoms with Crippen LogP contribution in [0.5, 0.6) is 0 Å². The first kappa shape index (κ1) is 21.5. The number of sulfone groups is 1. The molecule has 1 aliphatic rings. The van der Waals surface area contributed by atoms with Crippen molar-refractivity contribution in [2.24, 2.45) is 0 Å². The maximum absolute atomic E-state index is 13.5. The normalized spacial score (nSPS) is 15.1. The molecule has 3 heterocycles. The minimum absolute atomic E-state index is 0.0748. The molecule has 2 aromatic heterocycles. The molecular formula is C25H25N3O4S. The highest BCUT2D eigenvalue weighted by atomic mass is 32.2. The molecule has 0 amide bonds. The van der Waals surface area contributed by atoms with Crippen LogP contribution in [0.4, 0.5) is 5.88 Å². The fraction of sp³-hybridized carbons (Fsp3) is 0.240. The lowest BCUT2D eigenvalue weighted by atomic mass is 10.2. The molecule has 1 saturated heterocycles. The Bertz CT molecular complexity index is 1310. The van der Waals surface area contributed by atoms with Gasteiger partial charge in [-0.1, -0.05) is 48.0 Å². The quantitative estimate of drug-likeness (QED) is 0.419. The number of nitrogens with zero attached hydrogens (tertiary/aromatic N) is 3. The molecule has 0 saturated carbocycles. The molecule has 0 aliphatic carbocycles. The first-order valence-electron chi connectivity index (χ1n) is 10.9. The molecule has 0 unspecified atom stereocenters. The Kier molecular flexibility index (Phi) is 5.78. The van der Waals surface area contributed by atoms with Crippen LogP contribution in [0.2, 0.25) is 0 Å². The molecule has 4 aromatic rings. The van der Waals surface area contributed by atoms with Gasteiger partial charge in [0.15, 0.2) is 5.76 Å². The molecule has 0 atom stereocenters. The van der Waals surface area contributed by atoms with E-state index in [0.717, 1.165) is 25.2 Å². The van der Waals surface area contributed by atoms with Gasteiger partial charge in [0.1, 0.15) is 0 Å².